The lowest BCUT2D eigenvalue weighted by molar-refractivity contribution is 0.457. The first-order chi connectivity index (χ1) is 6.18. The van der Waals surface area contributed by atoms with E-state index in [1.165, 1.54) is 0 Å². The summed E-state index contributed by atoms with van der Waals surface area (Å²) in [5.74, 6) is 0.312. The topological polar surface area (TPSA) is 23.5 Å². The van der Waals surface area contributed by atoms with Crippen molar-refractivity contribution in [2.24, 2.45) is 0 Å². The normalized spacial score (nSPS) is 11.3. The van der Waals surface area contributed by atoms with Crippen LogP contribution in [0.25, 0.3) is 6.08 Å². The first-order valence-corrected chi connectivity index (χ1v) is 4.29. The van der Waals surface area contributed by atoms with Crippen molar-refractivity contribution in [2.45, 2.75) is 0 Å². The van der Waals surface area contributed by atoms with Gasteiger partial charge in [0.2, 0.25) is 0 Å². The summed E-state index contributed by atoms with van der Waals surface area (Å²) in [5.41, 5.74) is 1.03. The molecule has 70 valence electrons. The van der Waals surface area contributed by atoms with Crippen molar-refractivity contribution in [3.05, 3.63) is 35.9 Å². The smallest absolute Gasteiger partial charge is 0.116 e. The van der Waals surface area contributed by atoms with Crippen LogP contribution in [0.1, 0.15) is 5.56 Å². The first kappa shape index (κ1) is 9.81. The molecule has 0 bridgehead atoms. The monoisotopic (exact) mass is 177 g/mol. The Bertz CT molecular complexity index is 292. The molecule has 0 saturated heterocycles. The number of hydrogen-bond acceptors (Lipinski definition) is 2. The Morgan fingerprint density at radius 3 is 2.77 bits per heavy atom. The molecule has 1 N–H and O–H groups in total. The largest absolute Gasteiger partial charge is 0.508 e. The van der Waals surface area contributed by atoms with Crippen molar-refractivity contribution in [2.75, 3.05) is 20.6 Å². The Labute approximate surface area is 79.1 Å². The SMILES string of the molecule is CN(C)CC=Cc1cccc(O)c1. The van der Waals surface area contributed by atoms with E-state index in [2.05, 4.69) is 11.0 Å². The standard InChI is InChI=1S/C11H15NO/c1-12(2)8-4-6-10-5-3-7-11(13)9-10/h3-7,9,13H,8H2,1-2H3. The Balaban J connectivity index is 2.58. The second kappa shape index (κ2) is 4.67. The molecule has 0 aliphatic rings. The Hall–Kier alpha value is -1.28. The molecule has 0 spiro atoms. The highest BCUT2D eigenvalue weighted by molar-refractivity contribution is 5.51. The van der Waals surface area contributed by atoms with Crippen LogP contribution < -0.4 is 0 Å². The van der Waals surface area contributed by atoms with Crippen LogP contribution in [0, 0.1) is 0 Å². The molecule has 1 aromatic rings. The second-order valence-corrected chi connectivity index (χ2v) is 3.26. The lowest BCUT2D eigenvalue weighted by Gasteiger charge is -2.03. The molecule has 0 radical (unpaired) electrons. The minimum Gasteiger partial charge on any atom is -0.508 e. The zero-order chi connectivity index (χ0) is 9.68. The van der Waals surface area contributed by atoms with E-state index in [1.54, 1.807) is 12.1 Å². The molecule has 0 unspecified atom stereocenters. The molecule has 2 heteroatoms. The third-order valence-corrected chi connectivity index (χ3v) is 1.65. The van der Waals surface area contributed by atoms with E-state index < -0.39 is 0 Å². The quantitative estimate of drug-likeness (QED) is 0.763. The second-order valence-electron chi connectivity index (χ2n) is 3.26. The van der Waals surface area contributed by atoms with Gasteiger partial charge < -0.3 is 10.0 Å². The summed E-state index contributed by atoms with van der Waals surface area (Å²) in [7, 11) is 4.04. The fourth-order valence-electron chi connectivity index (χ4n) is 1.03. The van der Waals surface area contributed by atoms with Crippen LogP contribution in [0.3, 0.4) is 0 Å². The van der Waals surface area contributed by atoms with Crippen LogP contribution >= 0.6 is 0 Å². The summed E-state index contributed by atoms with van der Waals surface area (Å²) in [6.07, 6.45) is 4.06. The molecule has 0 amide bonds. The predicted molar refractivity (Wildman–Crippen MR) is 55.7 cm³/mol. The third kappa shape index (κ3) is 3.76. The maximum Gasteiger partial charge on any atom is 0.116 e. The Morgan fingerprint density at radius 2 is 2.15 bits per heavy atom. The van der Waals surface area contributed by atoms with E-state index in [4.69, 9.17) is 0 Å². The van der Waals surface area contributed by atoms with E-state index >= 15 is 0 Å². The Morgan fingerprint density at radius 1 is 1.38 bits per heavy atom. The van der Waals surface area contributed by atoms with Crippen LogP contribution in [0.2, 0.25) is 0 Å². The lowest BCUT2D eigenvalue weighted by atomic mass is 10.2. The average molecular weight is 177 g/mol. The van der Waals surface area contributed by atoms with Gasteiger partial charge in [-0.1, -0.05) is 24.3 Å². The van der Waals surface area contributed by atoms with E-state index in [9.17, 15) is 5.11 Å². The summed E-state index contributed by atoms with van der Waals surface area (Å²) in [4.78, 5) is 2.08. The summed E-state index contributed by atoms with van der Waals surface area (Å²) >= 11 is 0. The highest BCUT2D eigenvalue weighted by atomic mass is 16.3. The molecular formula is C11H15NO. The fraction of sp³-hybridized carbons (Fsp3) is 0.273. The van der Waals surface area contributed by atoms with Gasteiger partial charge in [0.1, 0.15) is 5.75 Å². The molecule has 1 rings (SSSR count). The minimum atomic E-state index is 0.312. The van der Waals surface area contributed by atoms with E-state index in [-0.39, 0.29) is 0 Å². The molecule has 0 aliphatic carbocycles. The van der Waals surface area contributed by atoms with Crippen molar-refractivity contribution in [3.63, 3.8) is 0 Å². The summed E-state index contributed by atoms with van der Waals surface area (Å²) in [6, 6.07) is 7.21. The summed E-state index contributed by atoms with van der Waals surface area (Å²) in [5, 5.41) is 9.18. The number of hydrogen-bond donors (Lipinski definition) is 1. The van der Waals surface area contributed by atoms with E-state index in [1.807, 2.05) is 32.3 Å². The minimum absolute atomic E-state index is 0.312. The van der Waals surface area contributed by atoms with Gasteiger partial charge in [0.05, 0.1) is 0 Å². The zero-order valence-corrected chi connectivity index (χ0v) is 8.07. The van der Waals surface area contributed by atoms with Crippen molar-refractivity contribution in [3.8, 4) is 5.75 Å². The van der Waals surface area contributed by atoms with Crippen LogP contribution in [0.15, 0.2) is 30.3 Å². The third-order valence-electron chi connectivity index (χ3n) is 1.65. The number of benzene rings is 1. The van der Waals surface area contributed by atoms with Gasteiger partial charge in [0.25, 0.3) is 0 Å². The maximum atomic E-state index is 9.18. The van der Waals surface area contributed by atoms with Crippen molar-refractivity contribution in [1.29, 1.82) is 0 Å². The number of phenolic OH excluding ortho intramolecular Hbond substituents is 1. The molecule has 0 saturated carbocycles. The fourth-order valence-corrected chi connectivity index (χ4v) is 1.03. The van der Waals surface area contributed by atoms with Crippen LogP contribution in [0.5, 0.6) is 5.75 Å². The number of phenols is 1. The summed E-state index contributed by atoms with van der Waals surface area (Å²) in [6.45, 7) is 0.912. The number of aromatic hydroxyl groups is 1. The molecule has 0 fully saturated rings. The molecule has 0 heterocycles. The molecular weight excluding hydrogens is 162 g/mol. The number of likely N-dealkylation sites (N-methyl/N-ethyl adjacent to an activating group) is 1. The number of rotatable bonds is 3. The van der Waals surface area contributed by atoms with Gasteiger partial charge in [0.15, 0.2) is 0 Å². The van der Waals surface area contributed by atoms with Crippen LogP contribution in [0.4, 0.5) is 0 Å². The van der Waals surface area contributed by atoms with Gasteiger partial charge in [0, 0.05) is 6.54 Å². The first-order valence-electron chi connectivity index (χ1n) is 4.29. The van der Waals surface area contributed by atoms with E-state index in [0.29, 0.717) is 5.75 Å². The van der Waals surface area contributed by atoms with Crippen LogP contribution in [-0.2, 0) is 0 Å². The molecule has 0 atom stereocenters. The highest BCUT2D eigenvalue weighted by Gasteiger charge is 1.88. The molecule has 13 heavy (non-hydrogen) atoms. The molecule has 2 nitrogen and oxygen atoms in total. The maximum absolute atomic E-state index is 9.18. The van der Waals surface area contributed by atoms with Gasteiger partial charge in [-0.25, -0.2) is 0 Å². The molecule has 0 aromatic heterocycles. The summed E-state index contributed by atoms with van der Waals surface area (Å²) < 4.78 is 0. The van der Waals surface area contributed by atoms with Crippen molar-refractivity contribution in [1.82, 2.24) is 4.90 Å². The zero-order valence-electron chi connectivity index (χ0n) is 8.07. The van der Waals surface area contributed by atoms with Crippen molar-refractivity contribution < 1.29 is 5.11 Å². The lowest BCUT2D eigenvalue weighted by Crippen LogP contribution is -2.10. The van der Waals surface area contributed by atoms with Crippen molar-refractivity contribution >= 4 is 6.08 Å². The highest BCUT2D eigenvalue weighted by Crippen LogP contribution is 2.11. The molecule has 1 aromatic carbocycles. The van der Waals surface area contributed by atoms with Gasteiger partial charge >= 0.3 is 0 Å². The van der Waals surface area contributed by atoms with Crippen LogP contribution in [-0.4, -0.2) is 30.6 Å². The number of nitrogens with zero attached hydrogens (tertiary/aromatic N) is 1. The van der Waals surface area contributed by atoms with Gasteiger partial charge in [-0.3, -0.25) is 0 Å². The predicted octanol–water partition coefficient (Wildman–Crippen LogP) is 1.97. The Kier molecular flexibility index (Phi) is 3.53. The van der Waals surface area contributed by atoms with Gasteiger partial charge in [-0.2, -0.15) is 0 Å². The molecule has 0 aliphatic heterocycles. The van der Waals surface area contributed by atoms with Gasteiger partial charge in [-0.05, 0) is 31.8 Å². The average Bonchev–Trinajstić information content (AvgIpc) is 2.03. The van der Waals surface area contributed by atoms with E-state index in [0.717, 1.165) is 12.1 Å². The van der Waals surface area contributed by atoms with Gasteiger partial charge in [-0.15, -0.1) is 0 Å².